The molecule has 0 amide bonds. The molecule has 8 rings (SSSR count). The first-order valence-electron chi connectivity index (χ1n) is 12.7. The summed E-state index contributed by atoms with van der Waals surface area (Å²) in [4.78, 5) is 18.8. The number of carboxylic acids is 1. The van der Waals surface area contributed by atoms with Gasteiger partial charge in [-0.3, -0.25) is 4.98 Å². The van der Waals surface area contributed by atoms with Crippen LogP contribution in [0.25, 0.3) is 66.2 Å². The van der Waals surface area contributed by atoms with Gasteiger partial charge in [0.25, 0.3) is 0 Å². The Hall–Kier alpha value is -4.64. The number of rotatable bonds is 2. The molecule has 0 unspecified atom stereocenters. The van der Waals surface area contributed by atoms with E-state index in [9.17, 15) is 4.79 Å². The van der Waals surface area contributed by atoms with E-state index in [0.717, 1.165) is 16.8 Å². The van der Waals surface area contributed by atoms with Crippen molar-refractivity contribution in [2.45, 2.75) is 0 Å². The molecule has 0 saturated heterocycles. The third-order valence-electron chi connectivity index (χ3n) is 7.35. The van der Waals surface area contributed by atoms with E-state index >= 15 is 0 Å². The Bertz CT molecular complexity index is 2070. The molecule has 0 atom stereocenters. The molecular formula is C34H22IrN3O2-. The average Bonchev–Trinajstić information content (AvgIpc) is 3.47. The van der Waals surface area contributed by atoms with Crippen molar-refractivity contribution in [3.63, 3.8) is 0 Å². The molecule has 0 bridgehead atoms. The first-order chi connectivity index (χ1) is 19.1. The number of para-hydroxylation sites is 1. The number of aryl methyl sites for hydroxylation is 1. The van der Waals surface area contributed by atoms with Gasteiger partial charge in [0.15, 0.2) is 0 Å². The topological polar surface area (TPSA) is 68.0 Å². The Morgan fingerprint density at radius 1 is 0.775 bits per heavy atom. The number of hydrogen-bond acceptors (Lipinski definition) is 3. The first kappa shape index (κ1) is 25.6. The van der Waals surface area contributed by atoms with Crippen LogP contribution in [-0.2, 0) is 27.2 Å². The normalized spacial score (nSPS) is 11.1. The molecule has 5 nitrogen and oxygen atoms in total. The van der Waals surface area contributed by atoms with E-state index in [0.29, 0.717) is 0 Å². The van der Waals surface area contributed by atoms with Crippen LogP contribution in [0, 0.1) is 6.07 Å². The zero-order valence-corrected chi connectivity index (χ0v) is 23.8. The first-order valence-corrected chi connectivity index (χ1v) is 12.7. The number of aromatic carboxylic acids is 1. The van der Waals surface area contributed by atoms with Gasteiger partial charge in [0, 0.05) is 44.3 Å². The van der Waals surface area contributed by atoms with Gasteiger partial charge in [-0.1, -0.05) is 72.1 Å². The molecule has 1 aliphatic carbocycles. The van der Waals surface area contributed by atoms with Crippen LogP contribution in [0.1, 0.15) is 10.5 Å². The van der Waals surface area contributed by atoms with Gasteiger partial charge in [-0.25, -0.2) is 9.78 Å². The number of benzene rings is 4. The average molecular weight is 697 g/mol. The predicted molar refractivity (Wildman–Crippen MR) is 156 cm³/mol. The third-order valence-corrected chi connectivity index (χ3v) is 7.35. The minimum Gasteiger partial charge on any atom is -0.477 e. The fourth-order valence-corrected chi connectivity index (χ4v) is 5.55. The molecule has 0 saturated carbocycles. The van der Waals surface area contributed by atoms with Gasteiger partial charge in [-0.05, 0) is 63.1 Å². The van der Waals surface area contributed by atoms with Crippen LogP contribution in [0.15, 0.2) is 109 Å². The van der Waals surface area contributed by atoms with Crippen LogP contribution in [0.4, 0.5) is 0 Å². The van der Waals surface area contributed by atoms with E-state index < -0.39 is 5.97 Å². The van der Waals surface area contributed by atoms with Crippen molar-refractivity contribution < 1.29 is 30.0 Å². The summed E-state index contributed by atoms with van der Waals surface area (Å²) in [6.07, 6.45) is 1.45. The fraction of sp³-hybridized carbons (Fsp3) is 0.0294. The van der Waals surface area contributed by atoms with Crippen molar-refractivity contribution in [1.29, 1.82) is 0 Å². The Morgan fingerprint density at radius 2 is 1.50 bits per heavy atom. The van der Waals surface area contributed by atoms with E-state index in [1.807, 2.05) is 0 Å². The van der Waals surface area contributed by atoms with Gasteiger partial charge < -0.3 is 9.67 Å². The van der Waals surface area contributed by atoms with Gasteiger partial charge >= 0.3 is 5.97 Å². The summed E-state index contributed by atoms with van der Waals surface area (Å²) in [6.45, 7) is 0. The largest absolute Gasteiger partial charge is 0.477 e. The molecule has 40 heavy (non-hydrogen) atoms. The van der Waals surface area contributed by atoms with Crippen molar-refractivity contribution in [2.24, 2.45) is 7.05 Å². The summed E-state index contributed by atoms with van der Waals surface area (Å²) in [5.41, 5.74) is 10.7. The molecule has 7 aromatic rings. The number of pyridine rings is 2. The number of aromatic nitrogens is 3. The molecule has 6 heteroatoms. The van der Waals surface area contributed by atoms with Crippen molar-refractivity contribution in [3.8, 4) is 33.5 Å². The van der Waals surface area contributed by atoms with Crippen LogP contribution in [0.5, 0.6) is 0 Å². The molecule has 195 valence electrons. The number of fused-ring (bicyclic) bond motifs is 6. The van der Waals surface area contributed by atoms with Crippen LogP contribution < -0.4 is 0 Å². The number of hydrogen-bond donors (Lipinski definition) is 1. The van der Waals surface area contributed by atoms with E-state index in [2.05, 4.69) is 108 Å². The second-order valence-corrected chi connectivity index (χ2v) is 9.54. The van der Waals surface area contributed by atoms with Crippen LogP contribution in [-0.4, -0.2) is 25.6 Å². The molecule has 1 radical (unpaired) electrons. The maximum atomic E-state index is 10.1. The quantitative estimate of drug-likeness (QED) is 0.188. The Balaban J connectivity index is 0.000000250. The van der Waals surface area contributed by atoms with Crippen molar-refractivity contribution >= 4 is 38.7 Å². The monoisotopic (exact) mass is 697 g/mol. The summed E-state index contributed by atoms with van der Waals surface area (Å²) in [5.74, 6) is -0.990. The standard InChI is InChI=1S/C28H17N2.C6H5NO2.Ir/c1-30-26-12-5-4-9-20(26)21-14-13-17(15-27(21)30)25-16-23-19-8-3-2-7-18(19)22-10-6-11-24(29-25)28(22)23;8-6(9)5-3-1-2-4-7-5;/h2-12,14-16H,1H3;1-4H,(H,8,9);/q-1;;. The summed E-state index contributed by atoms with van der Waals surface area (Å²) in [6, 6.07) is 38.4. The molecular weight excluding hydrogens is 675 g/mol. The third kappa shape index (κ3) is 4.10. The van der Waals surface area contributed by atoms with Crippen molar-refractivity contribution in [1.82, 2.24) is 14.5 Å². The maximum Gasteiger partial charge on any atom is 0.354 e. The minimum atomic E-state index is -0.990. The fourth-order valence-electron chi connectivity index (χ4n) is 5.55. The number of carbonyl (C=O) groups is 1. The second kappa shape index (κ2) is 10.2. The summed E-state index contributed by atoms with van der Waals surface area (Å²) in [7, 11) is 2.13. The van der Waals surface area contributed by atoms with Gasteiger partial charge in [0.1, 0.15) is 5.69 Å². The zero-order valence-electron chi connectivity index (χ0n) is 21.4. The Kier molecular flexibility index (Phi) is 6.51. The van der Waals surface area contributed by atoms with Crippen LogP contribution in [0.2, 0.25) is 0 Å². The summed E-state index contributed by atoms with van der Waals surface area (Å²) in [5, 5.41) is 12.1. The molecule has 3 heterocycles. The molecule has 1 N–H and O–H groups in total. The number of nitrogens with zero attached hydrogens (tertiary/aromatic N) is 3. The van der Waals surface area contributed by atoms with Crippen molar-refractivity contribution in [2.75, 3.05) is 0 Å². The van der Waals surface area contributed by atoms with Gasteiger partial charge in [-0.15, -0.1) is 23.8 Å². The van der Waals surface area contributed by atoms with Crippen LogP contribution >= 0.6 is 0 Å². The predicted octanol–water partition coefficient (Wildman–Crippen LogP) is 7.77. The molecule has 1 aliphatic rings. The molecule has 0 fully saturated rings. The summed E-state index contributed by atoms with van der Waals surface area (Å²) < 4.78 is 2.26. The van der Waals surface area contributed by atoms with E-state index in [1.165, 1.54) is 61.7 Å². The smallest absolute Gasteiger partial charge is 0.354 e. The maximum absolute atomic E-state index is 10.1. The number of carboxylic acid groups (broad SMARTS) is 1. The second-order valence-electron chi connectivity index (χ2n) is 9.54. The Morgan fingerprint density at radius 3 is 2.25 bits per heavy atom. The molecule has 4 aromatic carbocycles. The molecule has 0 aliphatic heterocycles. The van der Waals surface area contributed by atoms with Gasteiger partial charge in [0.2, 0.25) is 0 Å². The van der Waals surface area contributed by atoms with Gasteiger partial charge in [0.05, 0.1) is 5.52 Å². The molecule has 3 aromatic heterocycles. The minimum absolute atomic E-state index is 0. The molecule has 0 spiro atoms. The van der Waals surface area contributed by atoms with E-state index in [1.54, 1.807) is 12.1 Å². The summed E-state index contributed by atoms with van der Waals surface area (Å²) >= 11 is 0. The SMILES string of the molecule is Cn1c2ccccc2c2c[c-]c(-c3cc4c5c(cccc5n3)-c3ccccc3-4)cc21.O=C(O)c1ccccn1.[Ir]. The van der Waals surface area contributed by atoms with Crippen molar-refractivity contribution in [3.05, 3.63) is 121 Å². The van der Waals surface area contributed by atoms with E-state index in [4.69, 9.17) is 10.1 Å². The van der Waals surface area contributed by atoms with Crippen LogP contribution in [0.3, 0.4) is 0 Å². The van der Waals surface area contributed by atoms with E-state index in [-0.39, 0.29) is 25.8 Å². The van der Waals surface area contributed by atoms with Gasteiger partial charge in [-0.2, -0.15) is 0 Å². The zero-order chi connectivity index (χ0) is 26.5. The Labute approximate surface area is 244 Å².